The molecule has 6 nitrogen and oxygen atoms in total. The molecule has 0 aliphatic carbocycles. The van der Waals surface area contributed by atoms with Gasteiger partial charge in [0, 0.05) is 41.8 Å². The van der Waals surface area contributed by atoms with Gasteiger partial charge in [-0.3, -0.25) is 19.1 Å². The number of aromatic nitrogens is 1. The number of hydrogen-bond acceptors (Lipinski definition) is 7. The van der Waals surface area contributed by atoms with Crippen LogP contribution in [0.4, 0.5) is 4.39 Å². The van der Waals surface area contributed by atoms with Crippen molar-refractivity contribution in [2.45, 2.75) is 44.6 Å². The minimum atomic E-state index is -0.672. The molecule has 0 saturated heterocycles. The summed E-state index contributed by atoms with van der Waals surface area (Å²) in [4.78, 5) is 38.9. The number of carbonyl (C=O) groups excluding carboxylic acids is 2. The van der Waals surface area contributed by atoms with E-state index >= 15 is 0 Å². The Morgan fingerprint density at radius 2 is 1.78 bits per heavy atom. The molecular formula is C28H31FN2O4S2. The van der Waals surface area contributed by atoms with Crippen molar-refractivity contribution in [3.8, 4) is 11.1 Å². The van der Waals surface area contributed by atoms with Crippen molar-refractivity contribution in [1.29, 1.82) is 0 Å². The van der Waals surface area contributed by atoms with Gasteiger partial charge in [-0.25, -0.2) is 4.39 Å². The van der Waals surface area contributed by atoms with Crippen molar-refractivity contribution < 1.29 is 18.7 Å². The van der Waals surface area contributed by atoms with Crippen molar-refractivity contribution >= 4 is 36.3 Å². The first-order valence-electron chi connectivity index (χ1n) is 11.7. The Morgan fingerprint density at radius 3 is 2.38 bits per heavy atom. The normalized spacial score (nSPS) is 12.3. The van der Waals surface area contributed by atoms with Crippen LogP contribution in [0.3, 0.4) is 0 Å². The highest BCUT2D eigenvalue weighted by Gasteiger charge is 2.26. The third kappa shape index (κ3) is 7.34. The van der Waals surface area contributed by atoms with Crippen LogP contribution in [0.25, 0.3) is 11.1 Å². The lowest BCUT2D eigenvalue weighted by molar-refractivity contribution is -0.155. The van der Waals surface area contributed by atoms with E-state index in [4.69, 9.17) is 4.74 Å². The average Bonchev–Trinajstić information content (AvgIpc) is 2.83. The van der Waals surface area contributed by atoms with Crippen LogP contribution in [0.15, 0.2) is 59.5 Å². The fourth-order valence-electron chi connectivity index (χ4n) is 3.96. The number of halogens is 1. The minimum absolute atomic E-state index is 0.0767. The quantitative estimate of drug-likeness (QED) is 0.212. The highest BCUT2D eigenvalue weighted by atomic mass is 32.2. The first-order valence-corrected chi connectivity index (χ1v) is 13.5. The second-order valence-electron chi connectivity index (χ2n) is 9.71. The number of pyridine rings is 1. The van der Waals surface area contributed by atoms with Crippen LogP contribution in [0, 0.1) is 5.82 Å². The zero-order valence-corrected chi connectivity index (χ0v) is 23.2. The fourth-order valence-corrected chi connectivity index (χ4v) is 4.70. The lowest BCUT2D eigenvalue weighted by Gasteiger charge is -2.24. The largest absolute Gasteiger partial charge is 0.460 e. The summed E-state index contributed by atoms with van der Waals surface area (Å²) < 4.78 is 23.3. The number of rotatable bonds is 9. The van der Waals surface area contributed by atoms with Gasteiger partial charge in [-0.15, -0.1) is 0 Å². The maximum absolute atomic E-state index is 13.6. The number of ketones is 1. The number of esters is 1. The van der Waals surface area contributed by atoms with Gasteiger partial charge in [0.1, 0.15) is 11.4 Å². The second kappa shape index (κ2) is 12.1. The van der Waals surface area contributed by atoms with Crippen molar-refractivity contribution in [3.05, 3.63) is 93.2 Å². The zero-order chi connectivity index (χ0) is 27.3. The van der Waals surface area contributed by atoms with E-state index in [-0.39, 0.29) is 17.8 Å². The second-order valence-corrected chi connectivity index (χ2v) is 10.8. The van der Waals surface area contributed by atoms with E-state index in [2.05, 4.69) is 17.5 Å². The van der Waals surface area contributed by atoms with Crippen molar-refractivity contribution in [2.75, 3.05) is 6.26 Å². The fraction of sp³-hybridized carbons (Fsp3) is 0.321. The monoisotopic (exact) mass is 542 g/mol. The Labute approximate surface area is 226 Å². The van der Waals surface area contributed by atoms with Crippen LogP contribution in [-0.4, -0.2) is 28.2 Å². The Morgan fingerprint density at radius 1 is 1.11 bits per heavy atom. The summed E-state index contributed by atoms with van der Waals surface area (Å²) >= 11 is 5.89. The molecule has 2 aromatic carbocycles. The van der Waals surface area contributed by atoms with E-state index in [1.165, 1.54) is 34.9 Å². The smallest absolute Gasteiger partial charge is 0.308 e. The number of hydrogen-bond donors (Lipinski definition) is 2. The molecular weight excluding hydrogens is 511 g/mol. The number of benzene rings is 2. The van der Waals surface area contributed by atoms with Gasteiger partial charge in [-0.2, -0.15) is 11.8 Å². The molecule has 1 atom stereocenters. The summed E-state index contributed by atoms with van der Waals surface area (Å²) in [6, 6.07) is 11.7. The van der Waals surface area contributed by atoms with E-state index in [0.717, 1.165) is 5.56 Å². The Kier molecular flexibility index (Phi) is 9.39. The molecule has 0 spiro atoms. The lowest BCUT2D eigenvalue weighted by atomic mass is 9.88. The molecule has 1 N–H and O–H groups in total. The van der Waals surface area contributed by atoms with E-state index in [1.807, 2.05) is 18.4 Å². The average molecular weight is 543 g/mol. The predicted octanol–water partition coefficient (Wildman–Crippen LogP) is 5.49. The number of thiol groups is 1. The van der Waals surface area contributed by atoms with E-state index < -0.39 is 23.4 Å². The molecule has 3 rings (SSSR count). The van der Waals surface area contributed by atoms with Crippen LogP contribution in [-0.2, 0) is 22.3 Å². The number of thioether (sulfide) groups is 1. The van der Waals surface area contributed by atoms with Crippen LogP contribution in [0.1, 0.15) is 60.3 Å². The van der Waals surface area contributed by atoms with Crippen molar-refractivity contribution in [1.82, 2.24) is 9.29 Å². The van der Waals surface area contributed by atoms with E-state index in [9.17, 15) is 18.8 Å². The van der Waals surface area contributed by atoms with E-state index in [1.54, 1.807) is 51.8 Å². The van der Waals surface area contributed by atoms with Crippen LogP contribution in [0.5, 0.6) is 0 Å². The van der Waals surface area contributed by atoms with Gasteiger partial charge in [0.15, 0.2) is 5.78 Å². The summed E-state index contributed by atoms with van der Waals surface area (Å²) in [7, 11) is 1.62. The molecule has 1 aromatic heterocycles. The number of ether oxygens (including phenoxy) is 1. The van der Waals surface area contributed by atoms with Crippen LogP contribution >= 0.6 is 24.6 Å². The highest BCUT2D eigenvalue weighted by molar-refractivity contribution is 7.97. The van der Waals surface area contributed by atoms with Gasteiger partial charge in [0.05, 0.1) is 12.5 Å². The summed E-state index contributed by atoms with van der Waals surface area (Å²) in [5.74, 6) is -0.458. The highest BCUT2D eigenvalue weighted by Crippen LogP contribution is 2.34. The van der Waals surface area contributed by atoms with Gasteiger partial charge >= 0.3 is 5.97 Å². The number of carbonyl (C=O) groups is 2. The molecule has 0 bridgehead atoms. The molecule has 0 saturated carbocycles. The first kappa shape index (κ1) is 28.7. The Bertz CT molecular complexity index is 1350. The molecule has 9 heteroatoms. The Balaban J connectivity index is 2.20. The predicted molar refractivity (Wildman–Crippen MR) is 149 cm³/mol. The molecule has 0 aliphatic heterocycles. The molecule has 1 unspecified atom stereocenters. The third-order valence-corrected chi connectivity index (χ3v) is 6.55. The van der Waals surface area contributed by atoms with Gasteiger partial charge in [-0.1, -0.05) is 24.9 Å². The molecule has 0 fully saturated rings. The van der Waals surface area contributed by atoms with Gasteiger partial charge in [0.2, 0.25) is 0 Å². The van der Waals surface area contributed by atoms with Crippen molar-refractivity contribution in [2.24, 2.45) is 7.05 Å². The summed E-state index contributed by atoms with van der Waals surface area (Å²) in [5.41, 5.74) is 2.49. The summed E-state index contributed by atoms with van der Waals surface area (Å²) in [6.07, 6.45) is 3.56. The molecule has 3 aromatic rings. The molecule has 0 aliphatic rings. The first-order chi connectivity index (χ1) is 17.4. The molecule has 1 heterocycles. The summed E-state index contributed by atoms with van der Waals surface area (Å²) in [6.45, 7) is 5.34. The van der Waals surface area contributed by atoms with Gasteiger partial charge in [0.25, 0.3) is 5.56 Å². The molecule has 196 valence electrons. The lowest BCUT2D eigenvalue weighted by Crippen LogP contribution is -2.28. The standard InChI is InChI=1S/C28H31FN2O4S2/c1-28(2,3)35-26(33)14-24(30-36)22-13-25(32)31(4)15-23(22)21-12-17(16-37-5)6-11-20(21)27(34)18-7-9-19(29)10-8-18/h6-13,15,24,30,36H,14,16H2,1-5H3. The van der Waals surface area contributed by atoms with E-state index in [0.29, 0.717) is 33.6 Å². The molecule has 37 heavy (non-hydrogen) atoms. The minimum Gasteiger partial charge on any atom is -0.460 e. The number of nitrogens with one attached hydrogen (secondary N) is 1. The van der Waals surface area contributed by atoms with Crippen LogP contribution in [0.2, 0.25) is 0 Å². The maximum Gasteiger partial charge on any atom is 0.308 e. The number of aryl methyl sites for hydroxylation is 1. The topological polar surface area (TPSA) is 77.4 Å². The number of nitrogens with zero attached hydrogens (tertiary/aromatic N) is 1. The zero-order valence-electron chi connectivity index (χ0n) is 21.5. The SMILES string of the molecule is CSCc1ccc(C(=O)c2ccc(F)cc2)c(-c2cn(C)c(=O)cc2C(CC(=O)OC(C)(C)C)NS)c1. The summed E-state index contributed by atoms with van der Waals surface area (Å²) in [5, 5.41) is 0. The van der Waals surface area contributed by atoms with Crippen molar-refractivity contribution in [3.63, 3.8) is 0 Å². The maximum atomic E-state index is 13.6. The Hall–Kier alpha value is -2.88. The third-order valence-electron chi connectivity index (χ3n) is 5.62. The van der Waals surface area contributed by atoms with Gasteiger partial charge in [-0.05, 0) is 74.0 Å². The molecule has 0 amide bonds. The van der Waals surface area contributed by atoms with Crippen LogP contribution < -0.4 is 10.3 Å². The molecule has 0 radical (unpaired) electrons. The van der Waals surface area contributed by atoms with Gasteiger partial charge < -0.3 is 9.30 Å².